The summed E-state index contributed by atoms with van der Waals surface area (Å²) < 4.78 is 62.5. The highest BCUT2D eigenvalue weighted by Gasteiger charge is 2.24. The Bertz CT molecular complexity index is 387. The Balaban J connectivity index is 3.68. The molecule has 0 fully saturated rings. The number of hydrogen-bond acceptors (Lipinski definition) is 1. The van der Waals surface area contributed by atoms with Gasteiger partial charge in [0, 0.05) is 11.8 Å². The molecule has 0 spiro atoms. The number of halogens is 4. The maximum atomic E-state index is 13.0. The molecule has 0 radical (unpaired) electrons. The first-order valence-electron chi connectivity index (χ1n) is 3.53. The van der Waals surface area contributed by atoms with Crippen molar-refractivity contribution in [3.8, 4) is 0 Å². The second-order valence-electron chi connectivity index (χ2n) is 2.66. The lowest BCUT2D eigenvalue weighted by Gasteiger charge is -2.06. The lowest BCUT2D eigenvalue weighted by Crippen LogP contribution is -2.06. The van der Waals surface area contributed by atoms with Gasteiger partial charge in [0.2, 0.25) is 0 Å². The summed E-state index contributed by atoms with van der Waals surface area (Å²) in [6.45, 7) is 0.902. The maximum absolute atomic E-state index is 13.0. The molecule has 1 atom stereocenters. The third-order valence-electron chi connectivity index (χ3n) is 1.73. The molecule has 0 aliphatic heterocycles. The summed E-state index contributed by atoms with van der Waals surface area (Å²) in [5.74, 6) is -6.20. The molecule has 0 saturated carbocycles. The number of rotatable bonds is 1. The summed E-state index contributed by atoms with van der Waals surface area (Å²) in [6.07, 6.45) is 0.940. The first-order chi connectivity index (χ1) is 6.37. The van der Waals surface area contributed by atoms with Gasteiger partial charge in [0.1, 0.15) is 4.90 Å². The minimum Gasteiger partial charge on any atom is -0.254 e. The average molecular weight is 226 g/mol. The Labute approximate surface area is 80.2 Å². The molecule has 78 valence electrons. The lowest BCUT2D eigenvalue weighted by atomic mass is 10.2. The molecular formula is C8H6F4OS. The quantitative estimate of drug-likeness (QED) is 0.530. The highest BCUT2D eigenvalue weighted by molar-refractivity contribution is 7.84. The maximum Gasteiger partial charge on any atom is 0.178 e. The predicted molar refractivity (Wildman–Crippen MR) is 43.3 cm³/mol. The van der Waals surface area contributed by atoms with E-state index in [0.717, 1.165) is 13.2 Å². The molecule has 0 aliphatic carbocycles. The third kappa shape index (κ3) is 1.54. The van der Waals surface area contributed by atoms with Gasteiger partial charge < -0.3 is 0 Å². The van der Waals surface area contributed by atoms with Gasteiger partial charge in [0.15, 0.2) is 23.3 Å². The first-order valence-corrected chi connectivity index (χ1v) is 5.09. The van der Waals surface area contributed by atoms with E-state index in [4.69, 9.17) is 0 Å². The third-order valence-corrected chi connectivity index (χ3v) is 2.66. The van der Waals surface area contributed by atoms with Crippen molar-refractivity contribution in [3.05, 3.63) is 28.8 Å². The molecule has 1 unspecified atom stereocenters. The molecule has 0 saturated heterocycles. The minimum atomic E-state index is -2.11. The lowest BCUT2D eigenvalue weighted by molar-refractivity contribution is 0.416. The van der Waals surface area contributed by atoms with Crippen molar-refractivity contribution in [2.24, 2.45) is 0 Å². The largest absolute Gasteiger partial charge is 0.254 e. The Hall–Kier alpha value is -0.910. The van der Waals surface area contributed by atoms with Crippen molar-refractivity contribution in [1.29, 1.82) is 0 Å². The Morgan fingerprint density at radius 1 is 0.929 bits per heavy atom. The van der Waals surface area contributed by atoms with Crippen LogP contribution in [0.25, 0.3) is 0 Å². The molecule has 1 nitrogen and oxygen atoms in total. The second-order valence-corrected chi connectivity index (χ2v) is 3.98. The highest BCUT2D eigenvalue weighted by atomic mass is 32.2. The Morgan fingerprint density at radius 3 is 1.57 bits per heavy atom. The van der Waals surface area contributed by atoms with E-state index in [0.29, 0.717) is 0 Å². The van der Waals surface area contributed by atoms with Gasteiger partial charge in [-0.05, 0) is 6.92 Å². The van der Waals surface area contributed by atoms with E-state index in [9.17, 15) is 21.8 Å². The summed E-state index contributed by atoms with van der Waals surface area (Å²) >= 11 is 0. The molecule has 1 aromatic carbocycles. The van der Waals surface area contributed by atoms with Crippen LogP contribution in [0.2, 0.25) is 0 Å². The molecule has 0 bridgehead atoms. The van der Waals surface area contributed by atoms with Gasteiger partial charge in [-0.1, -0.05) is 0 Å². The van der Waals surface area contributed by atoms with E-state index < -0.39 is 44.5 Å². The molecule has 6 heteroatoms. The Morgan fingerprint density at radius 2 is 1.29 bits per heavy atom. The standard InChI is InChI=1S/C8H6F4OS/c1-3-4(9)6(11)8(14(2)13)7(12)5(3)10/h1-2H3. The van der Waals surface area contributed by atoms with Crippen molar-refractivity contribution in [2.75, 3.05) is 6.26 Å². The smallest absolute Gasteiger partial charge is 0.178 e. The second kappa shape index (κ2) is 3.68. The van der Waals surface area contributed by atoms with Crippen LogP contribution in [0.1, 0.15) is 5.56 Å². The van der Waals surface area contributed by atoms with Gasteiger partial charge in [0.05, 0.1) is 10.8 Å². The van der Waals surface area contributed by atoms with Gasteiger partial charge >= 0.3 is 0 Å². The number of hydrogen-bond donors (Lipinski definition) is 0. The van der Waals surface area contributed by atoms with Crippen LogP contribution in [0.5, 0.6) is 0 Å². The summed E-state index contributed by atoms with van der Waals surface area (Å²) in [5.41, 5.74) is -0.755. The summed E-state index contributed by atoms with van der Waals surface area (Å²) in [5, 5.41) is 0. The first kappa shape index (κ1) is 11.2. The molecule has 14 heavy (non-hydrogen) atoms. The molecule has 0 heterocycles. The van der Waals surface area contributed by atoms with Crippen LogP contribution >= 0.6 is 0 Å². The topological polar surface area (TPSA) is 17.1 Å². The van der Waals surface area contributed by atoms with Crippen molar-refractivity contribution >= 4 is 10.8 Å². The van der Waals surface area contributed by atoms with E-state index in [1.165, 1.54) is 0 Å². The van der Waals surface area contributed by atoms with Crippen molar-refractivity contribution in [2.45, 2.75) is 11.8 Å². The zero-order chi connectivity index (χ0) is 11.0. The molecule has 0 N–H and O–H groups in total. The molecule has 1 rings (SSSR count). The van der Waals surface area contributed by atoms with Crippen molar-refractivity contribution in [1.82, 2.24) is 0 Å². The Kier molecular flexibility index (Phi) is 2.94. The normalized spacial score (nSPS) is 13.0. The van der Waals surface area contributed by atoms with Gasteiger partial charge in [-0.2, -0.15) is 0 Å². The van der Waals surface area contributed by atoms with Crippen LogP contribution in [0.3, 0.4) is 0 Å². The fraction of sp³-hybridized carbons (Fsp3) is 0.250. The van der Waals surface area contributed by atoms with E-state index >= 15 is 0 Å². The van der Waals surface area contributed by atoms with Crippen LogP contribution in [-0.2, 0) is 10.8 Å². The van der Waals surface area contributed by atoms with E-state index in [1.54, 1.807) is 0 Å². The summed E-state index contributed by atoms with van der Waals surface area (Å²) in [7, 11) is -2.11. The van der Waals surface area contributed by atoms with Crippen LogP contribution < -0.4 is 0 Å². The highest BCUT2D eigenvalue weighted by Crippen LogP contribution is 2.25. The molecule has 0 aromatic heterocycles. The van der Waals surface area contributed by atoms with Crippen LogP contribution in [-0.4, -0.2) is 10.5 Å². The van der Waals surface area contributed by atoms with Crippen LogP contribution in [0.15, 0.2) is 4.90 Å². The number of benzene rings is 1. The van der Waals surface area contributed by atoms with Gasteiger partial charge in [0.25, 0.3) is 0 Å². The molecular weight excluding hydrogens is 220 g/mol. The van der Waals surface area contributed by atoms with E-state index in [1.807, 2.05) is 0 Å². The van der Waals surface area contributed by atoms with Crippen molar-refractivity contribution in [3.63, 3.8) is 0 Å². The fourth-order valence-electron chi connectivity index (χ4n) is 0.974. The summed E-state index contributed by atoms with van der Waals surface area (Å²) in [4.78, 5) is -1.06. The van der Waals surface area contributed by atoms with E-state index in [2.05, 4.69) is 0 Å². The van der Waals surface area contributed by atoms with Gasteiger partial charge in [-0.3, -0.25) is 4.21 Å². The van der Waals surface area contributed by atoms with Crippen LogP contribution in [0, 0.1) is 30.2 Å². The van der Waals surface area contributed by atoms with Gasteiger partial charge in [-0.15, -0.1) is 0 Å². The zero-order valence-corrected chi connectivity index (χ0v) is 8.14. The molecule has 0 amide bonds. The van der Waals surface area contributed by atoms with E-state index in [-0.39, 0.29) is 0 Å². The van der Waals surface area contributed by atoms with Gasteiger partial charge in [-0.25, -0.2) is 17.6 Å². The predicted octanol–water partition coefficient (Wildman–Crippen LogP) is 2.29. The minimum absolute atomic E-state index is 0.755. The fourth-order valence-corrected chi connectivity index (χ4v) is 1.66. The SMILES string of the molecule is Cc1c(F)c(F)c(S(C)=O)c(F)c1F. The van der Waals surface area contributed by atoms with Crippen LogP contribution in [0.4, 0.5) is 17.6 Å². The monoisotopic (exact) mass is 226 g/mol. The zero-order valence-electron chi connectivity index (χ0n) is 7.33. The average Bonchev–Trinajstić information content (AvgIpc) is 2.11. The summed E-state index contributed by atoms with van der Waals surface area (Å²) in [6, 6.07) is 0. The molecule has 1 aromatic rings. The van der Waals surface area contributed by atoms with Crippen molar-refractivity contribution < 1.29 is 21.8 Å². The molecule has 0 aliphatic rings.